The zero-order chi connectivity index (χ0) is 37.7. The summed E-state index contributed by atoms with van der Waals surface area (Å²) in [6.45, 7) is 2.83. The van der Waals surface area contributed by atoms with E-state index in [1.165, 1.54) is 6.42 Å². The Morgan fingerprint density at radius 3 is 2.19 bits per heavy atom. The van der Waals surface area contributed by atoms with E-state index in [0.717, 1.165) is 58.5 Å². The number of amides is 1. The van der Waals surface area contributed by atoms with Crippen molar-refractivity contribution in [3.63, 3.8) is 0 Å². The van der Waals surface area contributed by atoms with Gasteiger partial charge < -0.3 is 19.9 Å². The third-order valence-electron chi connectivity index (χ3n) is 10.2. The van der Waals surface area contributed by atoms with Gasteiger partial charge in [-0.15, -0.1) is 0 Å². The number of carboxylic acid groups (broad SMARTS) is 1. The summed E-state index contributed by atoms with van der Waals surface area (Å²) in [5.41, 5.74) is 1.13. The number of nitrogens with zero attached hydrogens (tertiary/aromatic N) is 2. The molecule has 0 bridgehead atoms. The lowest BCUT2D eigenvalue weighted by atomic mass is 9.76. The Bertz CT molecular complexity index is 1720. The SMILES string of the molecule is CCOCc1cc(CN2CCCCC2)c(-c2cccc3c(C[C@H](NC(=O)C4(C(F)(F)F)CCN(CC(F)(F)F)CC4)C(=O)O)cccc23)c(OC)c1. The van der Waals surface area contributed by atoms with E-state index in [2.05, 4.69) is 16.3 Å². The van der Waals surface area contributed by atoms with Crippen molar-refractivity contribution in [3.05, 3.63) is 65.2 Å². The number of rotatable bonds is 13. The minimum absolute atomic E-state index is 0.332. The summed E-state index contributed by atoms with van der Waals surface area (Å²) in [5, 5.41) is 13.7. The Morgan fingerprint density at radius 2 is 1.58 bits per heavy atom. The molecule has 2 saturated heterocycles. The summed E-state index contributed by atoms with van der Waals surface area (Å²) in [5.74, 6) is -2.46. The number of hydrogen-bond acceptors (Lipinski definition) is 6. The number of methoxy groups -OCH3 is 1. The molecule has 0 spiro atoms. The molecule has 284 valence electrons. The summed E-state index contributed by atoms with van der Waals surface area (Å²) in [7, 11) is 1.60. The number of halogens is 6. The molecule has 52 heavy (non-hydrogen) atoms. The second-order valence-corrected chi connectivity index (χ2v) is 13.7. The van der Waals surface area contributed by atoms with E-state index in [1.54, 1.807) is 25.3 Å². The standard InChI is InChI=1S/C38H45F6N3O5/c1-3-52-23-25-19-27(22-46-15-5-4-6-16-46)33(32(20-25)51-2)30-12-8-10-28-26(9-7-11-29(28)30)21-31(34(48)49)45-35(50)36(38(42,43)44)13-17-47(18-14-36)24-37(39,40)41/h7-12,19-20,31H,3-6,13-18,21-24H2,1-2H3,(H,45,50)(H,48,49)/t31-/m0/s1. The van der Waals surface area contributed by atoms with Crippen molar-refractivity contribution in [1.29, 1.82) is 0 Å². The molecule has 2 heterocycles. The van der Waals surface area contributed by atoms with E-state index in [4.69, 9.17) is 9.47 Å². The fraction of sp³-hybridized carbons (Fsp3) is 0.526. The lowest BCUT2D eigenvalue weighted by molar-refractivity contribution is -0.236. The van der Waals surface area contributed by atoms with Gasteiger partial charge in [-0.3, -0.25) is 14.6 Å². The maximum Gasteiger partial charge on any atom is 0.403 e. The van der Waals surface area contributed by atoms with E-state index in [1.807, 2.05) is 31.2 Å². The van der Waals surface area contributed by atoms with Crippen molar-refractivity contribution >= 4 is 22.6 Å². The molecule has 0 unspecified atom stereocenters. The van der Waals surface area contributed by atoms with Crippen LogP contribution in [0.4, 0.5) is 26.3 Å². The van der Waals surface area contributed by atoms with Gasteiger partial charge in [-0.1, -0.05) is 48.9 Å². The molecule has 0 saturated carbocycles. The van der Waals surface area contributed by atoms with Gasteiger partial charge in [-0.25, -0.2) is 4.79 Å². The Labute approximate surface area is 299 Å². The number of carboxylic acids is 1. The molecule has 2 fully saturated rings. The summed E-state index contributed by atoms with van der Waals surface area (Å²) >= 11 is 0. The fourth-order valence-electron chi connectivity index (χ4n) is 7.46. The van der Waals surface area contributed by atoms with Gasteiger partial charge in [0.25, 0.3) is 0 Å². The lowest BCUT2D eigenvalue weighted by Gasteiger charge is -2.42. The first-order chi connectivity index (χ1) is 24.7. The molecule has 0 aromatic heterocycles. The second-order valence-electron chi connectivity index (χ2n) is 13.7. The Hall–Kier alpha value is -3.88. The van der Waals surface area contributed by atoms with Crippen LogP contribution in [0.2, 0.25) is 0 Å². The van der Waals surface area contributed by atoms with Crippen LogP contribution < -0.4 is 10.1 Å². The Balaban J connectivity index is 1.48. The van der Waals surface area contributed by atoms with Crippen LogP contribution in [-0.2, 0) is 33.9 Å². The first-order valence-electron chi connectivity index (χ1n) is 17.6. The van der Waals surface area contributed by atoms with Crippen LogP contribution in [0.3, 0.4) is 0 Å². The monoisotopic (exact) mass is 737 g/mol. The van der Waals surface area contributed by atoms with Crippen molar-refractivity contribution in [2.24, 2.45) is 5.41 Å². The predicted molar refractivity (Wildman–Crippen MR) is 184 cm³/mol. The zero-order valence-corrected chi connectivity index (χ0v) is 29.3. The van der Waals surface area contributed by atoms with Crippen LogP contribution in [-0.4, -0.2) is 91.6 Å². The number of alkyl halides is 6. The maximum atomic E-state index is 14.5. The van der Waals surface area contributed by atoms with Gasteiger partial charge in [-0.05, 0) is 97.9 Å². The van der Waals surface area contributed by atoms with E-state index >= 15 is 0 Å². The smallest absolute Gasteiger partial charge is 0.403 e. The zero-order valence-electron chi connectivity index (χ0n) is 29.3. The second kappa shape index (κ2) is 16.4. The van der Waals surface area contributed by atoms with Gasteiger partial charge in [-0.2, -0.15) is 26.3 Å². The summed E-state index contributed by atoms with van der Waals surface area (Å²) in [6.07, 6.45) is -8.52. The van der Waals surface area contributed by atoms with E-state index in [9.17, 15) is 41.0 Å². The summed E-state index contributed by atoms with van der Waals surface area (Å²) < 4.78 is 93.8. The fourth-order valence-corrected chi connectivity index (χ4v) is 7.46. The normalized spacial score (nSPS) is 17.9. The van der Waals surface area contributed by atoms with Crippen molar-refractivity contribution < 1.29 is 50.5 Å². The molecule has 1 atom stereocenters. The quantitative estimate of drug-likeness (QED) is 0.177. The number of benzene rings is 3. The molecular weight excluding hydrogens is 692 g/mol. The molecule has 14 heteroatoms. The number of carbonyl (C=O) groups excluding carboxylic acids is 1. The highest BCUT2D eigenvalue weighted by molar-refractivity contribution is 6.00. The number of fused-ring (bicyclic) bond motifs is 1. The molecule has 2 N–H and O–H groups in total. The molecule has 3 aromatic rings. The average Bonchev–Trinajstić information content (AvgIpc) is 3.09. The van der Waals surface area contributed by atoms with Gasteiger partial charge in [0.15, 0.2) is 0 Å². The largest absolute Gasteiger partial charge is 0.496 e. The van der Waals surface area contributed by atoms with Crippen LogP contribution in [0, 0.1) is 5.41 Å². The number of aliphatic carboxylic acids is 1. The molecule has 0 aliphatic carbocycles. The van der Waals surface area contributed by atoms with Gasteiger partial charge in [0.2, 0.25) is 5.91 Å². The van der Waals surface area contributed by atoms with Crippen molar-refractivity contribution in [2.75, 3.05) is 46.4 Å². The first kappa shape index (κ1) is 39.3. The number of carbonyl (C=O) groups is 2. The number of ether oxygens (including phenoxy) is 2. The predicted octanol–water partition coefficient (Wildman–Crippen LogP) is 7.36. The van der Waals surface area contributed by atoms with Crippen molar-refractivity contribution in [1.82, 2.24) is 15.1 Å². The van der Waals surface area contributed by atoms with Crippen LogP contribution in [0.1, 0.15) is 55.7 Å². The summed E-state index contributed by atoms with van der Waals surface area (Å²) in [4.78, 5) is 29.1. The maximum absolute atomic E-state index is 14.5. The molecular formula is C38H45F6N3O5. The molecule has 1 amide bonds. The number of hydrogen-bond donors (Lipinski definition) is 2. The van der Waals surface area contributed by atoms with E-state index in [0.29, 0.717) is 36.5 Å². The number of likely N-dealkylation sites (tertiary alicyclic amines) is 2. The van der Waals surface area contributed by atoms with Gasteiger partial charge in [0, 0.05) is 25.1 Å². The van der Waals surface area contributed by atoms with Gasteiger partial charge >= 0.3 is 18.3 Å². The van der Waals surface area contributed by atoms with E-state index in [-0.39, 0.29) is 6.42 Å². The molecule has 8 nitrogen and oxygen atoms in total. The number of nitrogens with one attached hydrogen (secondary N) is 1. The van der Waals surface area contributed by atoms with Crippen LogP contribution in [0.5, 0.6) is 5.75 Å². The Kier molecular flexibility index (Phi) is 12.4. The minimum Gasteiger partial charge on any atom is -0.496 e. The van der Waals surface area contributed by atoms with Crippen LogP contribution >= 0.6 is 0 Å². The highest BCUT2D eigenvalue weighted by Gasteiger charge is 2.61. The first-order valence-corrected chi connectivity index (χ1v) is 17.6. The lowest BCUT2D eigenvalue weighted by Crippen LogP contribution is -2.59. The highest BCUT2D eigenvalue weighted by Crippen LogP contribution is 2.47. The van der Waals surface area contributed by atoms with Gasteiger partial charge in [0.1, 0.15) is 17.2 Å². The number of piperidine rings is 2. The molecule has 5 rings (SSSR count). The Morgan fingerprint density at radius 1 is 0.904 bits per heavy atom. The highest BCUT2D eigenvalue weighted by atomic mass is 19.4. The topological polar surface area (TPSA) is 91.3 Å². The van der Waals surface area contributed by atoms with Crippen molar-refractivity contribution in [2.45, 2.75) is 77.0 Å². The van der Waals surface area contributed by atoms with E-state index < -0.39 is 68.2 Å². The van der Waals surface area contributed by atoms with Crippen LogP contribution in [0.25, 0.3) is 21.9 Å². The van der Waals surface area contributed by atoms with Gasteiger partial charge in [0.05, 0.1) is 20.3 Å². The van der Waals surface area contributed by atoms with Crippen LogP contribution in [0.15, 0.2) is 48.5 Å². The third-order valence-corrected chi connectivity index (χ3v) is 10.2. The molecule has 2 aliphatic heterocycles. The third kappa shape index (κ3) is 9.00. The van der Waals surface area contributed by atoms with Crippen molar-refractivity contribution in [3.8, 4) is 16.9 Å². The average molecular weight is 738 g/mol. The molecule has 0 radical (unpaired) electrons. The summed E-state index contributed by atoms with van der Waals surface area (Å²) in [6, 6.07) is 13.2. The molecule has 2 aliphatic rings. The minimum atomic E-state index is -5.11. The molecule has 3 aromatic carbocycles.